The molecule has 2 saturated heterocycles. The number of hydrogen-bond donors (Lipinski definition) is 0. The summed E-state index contributed by atoms with van der Waals surface area (Å²) in [6, 6.07) is 7.48. The maximum absolute atomic E-state index is 13.2. The fraction of sp³-hybridized carbons (Fsp3) is 0.500. The van der Waals surface area contributed by atoms with Crippen LogP contribution in [-0.2, 0) is 22.6 Å². The normalized spacial score (nSPS) is 27.1. The first-order valence-corrected chi connectivity index (χ1v) is 9.57. The lowest BCUT2D eigenvalue weighted by Crippen LogP contribution is -2.46. The molecule has 7 nitrogen and oxygen atoms in total. The zero-order valence-corrected chi connectivity index (χ0v) is 15.3. The van der Waals surface area contributed by atoms with Crippen molar-refractivity contribution in [3.05, 3.63) is 40.4 Å². The Morgan fingerprint density at radius 3 is 2.63 bits per heavy atom. The number of hydrogen-bond acceptors (Lipinski definition) is 4. The molecule has 0 unspecified atom stereocenters. The van der Waals surface area contributed by atoms with Gasteiger partial charge >= 0.3 is 0 Å². The topological polar surface area (TPSA) is 75.5 Å². The molecule has 3 aliphatic rings. The Labute approximate surface area is 156 Å². The first-order chi connectivity index (χ1) is 13.0. The smallest absolute Gasteiger partial charge is 0.261 e. The molecule has 0 saturated carbocycles. The summed E-state index contributed by atoms with van der Waals surface area (Å²) in [4.78, 5) is 46.4. The van der Waals surface area contributed by atoms with Crippen LogP contribution in [0.1, 0.15) is 25.1 Å². The van der Waals surface area contributed by atoms with Crippen LogP contribution >= 0.6 is 0 Å². The maximum Gasteiger partial charge on any atom is 0.261 e. The molecule has 1 aromatic heterocycles. The van der Waals surface area contributed by atoms with E-state index < -0.39 is 0 Å². The van der Waals surface area contributed by atoms with E-state index >= 15 is 0 Å². The van der Waals surface area contributed by atoms with Crippen molar-refractivity contribution >= 4 is 22.7 Å². The van der Waals surface area contributed by atoms with Gasteiger partial charge < -0.3 is 9.80 Å². The molecule has 0 radical (unpaired) electrons. The molecule has 0 spiro atoms. The van der Waals surface area contributed by atoms with Crippen molar-refractivity contribution in [1.29, 1.82) is 0 Å². The van der Waals surface area contributed by atoms with Crippen LogP contribution in [0.15, 0.2) is 29.1 Å². The molecule has 1 aromatic carbocycles. The van der Waals surface area contributed by atoms with Crippen molar-refractivity contribution in [3.8, 4) is 0 Å². The number of amides is 2. The molecule has 3 aliphatic heterocycles. The predicted molar refractivity (Wildman–Crippen MR) is 99.1 cm³/mol. The molecule has 5 rings (SSSR count). The summed E-state index contributed by atoms with van der Waals surface area (Å²) >= 11 is 0. The second-order valence-corrected chi connectivity index (χ2v) is 7.97. The van der Waals surface area contributed by atoms with Crippen LogP contribution in [0.4, 0.5) is 0 Å². The van der Waals surface area contributed by atoms with Crippen molar-refractivity contribution in [1.82, 2.24) is 19.4 Å². The van der Waals surface area contributed by atoms with Crippen LogP contribution in [0.5, 0.6) is 0 Å². The van der Waals surface area contributed by atoms with Crippen molar-refractivity contribution in [2.45, 2.75) is 44.3 Å². The van der Waals surface area contributed by atoms with E-state index in [9.17, 15) is 14.4 Å². The minimum Gasteiger partial charge on any atom is -0.345 e. The average molecular weight is 366 g/mol. The van der Waals surface area contributed by atoms with Crippen LogP contribution in [0, 0.1) is 5.92 Å². The van der Waals surface area contributed by atoms with Gasteiger partial charge in [-0.3, -0.25) is 19.0 Å². The minimum absolute atomic E-state index is 0.00502. The van der Waals surface area contributed by atoms with E-state index in [0.29, 0.717) is 36.8 Å². The molecule has 2 bridgehead atoms. The molecule has 0 aliphatic carbocycles. The zero-order chi connectivity index (χ0) is 18.7. The van der Waals surface area contributed by atoms with Gasteiger partial charge in [-0.1, -0.05) is 12.1 Å². The summed E-state index contributed by atoms with van der Waals surface area (Å²) in [6.07, 6.45) is 2.71. The van der Waals surface area contributed by atoms with Gasteiger partial charge in [0.05, 0.1) is 22.9 Å². The number of carbonyl (C=O) groups excluding carboxylic acids is 2. The standard InChI is InChI=1S/C20H22N4O3/c1-22-10-12(8-18(22)25)19(26)24-13-6-7-14(24)11-23-17(9-13)21-16-5-3-2-4-15(16)20(23)27/h2-5,12-14H,6-11H2,1H3/t12-,13-,14+/m0/s1. The number of aromatic nitrogens is 2. The Morgan fingerprint density at radius 1 is 1.07 bits per heavy atom. The fourth-order valence-electron chi connectivity index (χ4n) is 4.92. The van der Waals surface area contributed by atoms with Crippen LogP contribution < -0.4 is 5.56 Å². The Bertz CT molecular complexity index is 1010. The molecule has 2 fully saturated rings. The summed E-state index contributed by atoms with van der Waals surface area (Å²) in [5.74, 6) is 0.590. The highest BCUT2D eigenvalue weighted by atomic mass is 16.2. The number of likely N-dealkylation sites (tertiary alicyclic amines) is 1. The van der Waals surface area contributed by atoms with Crippen molar-refractivity contribution in [2.24, 2.45) is 5.92 Å². The molecule has 4 heterocycles. The van der Waals surface area contributed by atoms with Gasteiger partial charge in [-0.15, -0.1) is 0 Å². The lowest BCUT2D eigenvalue weighted by Gasteiger charge is -2.30. The van der Waals surface area contributed by atoms with Gasteiger partial charge in [0.2, 0.25) is 11.8 Å². The summed E-state index contributed by atoms with van der Waals surface area (Å²) < 4.78 is 1.76. The monoisotopic (exact) mass is 366 g/mol. The lowest BCUT2D eigenvalue weighted by atomic mass is 10.1. The van der Waals surface area contributed by atoms with Gasteiger partial charge in [0.25, 0.3) is 5.56 Å². The largest absolute Gasteiger partial charge is 0.345 e. The van der Waals surface area contributed by atoms with Crippen LogP contribution in [0.2, 0.25) is 0 Å². The van der Waals surface area contributed by atoms with Gasteiger partial charge in [-0.2, -0.15) is 0 Å². The van der Waals surface area contributed by atoms with E-state index in [1.54, 1.807) is 16.5 Å². The Kier molecular flexibility index (Phi) is 3.60. The third-order valence-corrected chi connectivity index (χ3v) is 6.32. The SMILES string of the molecule is CN1C[C@@H](C(=O)N2[C@@H]3CC[C@H]2Cc2nc4ccccc4c(=O)n2C3)CC1=O. The Balaban J connectivity index is 1.51. The number of para-hydroxylation sites is 1. The summed E-state index contributed by atoms with van der Waals surface area (Å²) in [5.41, 5.74) is 0.693. The van der Waals surface area contributed by atoms with E-state index in [4.69, 9.17) is 4.98 Å². The molecule has 140 valence electrons. The first-order valence-electron chi connectivity index (χ1n) is 9.57. The Morgan fingerprint density at radius 2 is 1.85 bits per heavy atom. The molecule has 27 heavy (non-hydrogen) atoms. The fourth-order valence-corrected chi connectivity index (χ4v) is 4.92. The van der Waals surface area contributed by atoms with Gasteiger partial charge in [0, 0.05) is 39.0 Å². The van der Waals surface area contributed by atoms with Gasteiger partial charge in [0.1, 0.15) is 5.82 Å². The van der Waals surface area contributed by atoms with Gasteiger partial charge in [-0.25, -0.2) is 4.98 Å². The minimum atomic E-state index is -0.268. The van der Waals surface area contributed by atoms with Crippen LogP contribution in [0.25, 0.3) is 10.9 Å². The first kappa shape index (κ1) is 16.5. The van der Waals surface area contributed by atoms with E-state index in [2.05, 4.69) is 0 Å². The summed E-state index contributed by atoms with van der Waals surface area (Å²) in [5, 5.41) is 0.625. The predicted octanol–water partition coefficient (Wildman–Crippen LogP) is 0.790. The molecule has 3 atom stereocenters. The summed E-state index contributed by atoms with van der Waals surface area (Å²) in [6.45, 7) is 0.980. The molecule has 2 aromatic rings. The molecule has 7 heteroatoms. The van der Waals surface area contributed by atoms with Gasteiger partial charge in [0.15, 0.2) is 0 Å². The van der Waals surface area contributed by atoms with Crippen molar-refractivity contribution in [3.63, 3.8) is 0 Å². The number of carbonyl (C=O) groups is 2. The molecular formula is C20H22N4O3. The van der Waals surface area contributed by atoms with Crippen LogP contribution in [-0.4, -0.2) is 56.8 Å². The highest BCUT2D eigenvalue weighted by Crippen LogP contribution is 2.33. The van der Waals surface area contributed by atoms with E-state index in [0.717, 1.165) is 18.7 Å². The second kappa shape index (κ2) is 5.90. The maximum atomic E-state index is 13.2. The van der Waals surface area contributed by atoms with Gasteiger partial charge in [-0.05, 0) is 25.0 Å². The Hall–Kier alpha value is -2.70. The van der Waals surface area contributed by atoms with E-state index in [1.807, 2.05) is 29.2 Å². The quantitative estimate of drug-likeness (QED) is 0.748. The average Bonchev–Trinajstić information content (AvgIpc) is 3.14. The van der Waals surface area contributed by atoms with E-state index in [-0.39, 0.29) is 35.4 Å². The van der Waals surface area contributed by atoms with Crippen molar-refractivity contribution < 1.29 is 9.59 Å². The second-order valence-electron chi connectivity index (χ2n) is 7.97. The van der Waals surface area contributed by atoms with Crippen LogP contribution in [0.3, 0.4) is 0 Å². The third kappa shape index (κ3) is 2.48. The number of rotatable bonds is 1. The third-order valence-electron chi connectivity index (χ3n) is 6.32. The number of nitrogens with zero attached hydrogens (tertiary/aromatic N) is 4. The highest BCUT2D eigenvalue weighted by molar-refractivity contribution is 5.89. The number of fused-ring (bicyclic) bond motifs is 4. The lowest BCUT2D eigenvalue weighted by molar-refractivity contribution is -0.138. The van der Waals surface area contributed by atoms with E-state index in [1.165, 1.54) is 0 Å². The summed E-state index contributed by atoms with van der Waals surface area (Å²) in [7, 11) is 1.75. The van der Waals surface area contributed by atoms with Crippen molar-refractivity contribution in [2.75, 3.05) is 13.6 Å². The molecule has 2 amide bonds. The zero-order valence-electron chi connectivity index (χ0n) is 15.3. The number of benzene rings is 1. The highest BCUT2D eigenvalue weighted by Gasteiger charge is 2.44. The molecular weight excluding hydrogens is 344 g/mol. The molecule has 0 N–H and O–H groups in total.